The second-order valence-corrected chi connectivity index (χ2v) is 7.53. The van der Waals surface area contributed by atoms with Crippen molar-refractivity contribution in [2.24, 2.45) is 16.9 Å². The number of likely N-dealkylation sites (tertiary alicyclic amines) is 1. The fourth-order valence-electron chi connectivity index (χ4n) is 4.17. The van der Waals surface area contributed by atoms with Crippen molar-refractivity contribution >= 4 is 17.6 Å². The van der Waals surface area contributed by atoms with Crippen molar-refractivity contribution in [2.45, 2.75) is 25.7 Å². The number of rotatable bonds is 4. The summed E-state index contributed by atoms with van der Waals surface area (Å²) in [6.45, 7) is 2.49. The Kier molecular flexibility index (Phi) is 5.23. The number of hydrogen-bond donors (Lipinski definition) is 1. The molecule has 0 bridgehead atoms. The predicted octanol–water partition coefficient (Wildman–Crippen LogP) is 2.62. The predicted molar refractivity (Wildman–Crippen MR) is 104 cm³/mol. The van der Waals surface area contributed by atoms with Crippen LogP contribution in [0.2, 0.25) is 0 Å². The zero-order chi connectivity index (χ0) is 18.6. The number of hydrogen-bond acceptors (Lipinski definition) is 3. The van der Waals surface area contributed by atoms with Crippen molar-refractivity contribution in [2.75, 3.05) is 26.2 Å². The van der Waals surface area contributed by atoms with Gasteiger partial charge in [-0.1, -0.05) is 42.5 Å². The van der Waals surface area contributed by atoms with Gasteiger partial charge in [-0.2, -0.15) is 5.10 Å². The molecule has 0 unspecified atom stereocenters. The van der Waals surface area contributed by atoms with Gasteiger partial charge in [0.25, 0.3) is 0 Å². The van der Waals surface area contributed by atoms with Gasteiger partial charge in [0.1, 0.15) is 0 Å². The number of nitrogens with zero attached hydrogens (tertiary/aromatic N) is 3. The van der Waals surface area contributed by atoms with Gasteiger partial charge in [-0.25, -0.2) is 9.80 Å². The van der Waals surface area contributed by atoms with Crippen LogP contribution in [0.3, 0.4) is 0 Å². The van der Waals surface area contributed by atoms with E-state index in [2.05, 4.69) is 22.6 Å². The van der Waals surface area contributed by atoms with Crippen LogP contribution in [-0.4, -0.2) is 53.7 Å². The van der Waals surface area contributed by atoms with E-state index < -0.39 is 0 Å². The Morgan fingerprint density at radius 1 is 1.07 bits per heavy atom. The number of carbonyl (C=O) groups excluding carboxylic acids is 2. The summed E-state index contributed by atoms with van der Waals surface area (Å²) in [6, 6.07) is 9.91. The van der Waals surface area contributed by atoms with Crippen molar-refractivity contribution in [3.8, 4) is 0 Å². The van der Waals surface area contributed by atoms with Crippen LogP contribution in [0.4, 0.5) is 4.79 Å². The Balaban J connectivity index is 1.29. The third-order valence-corrected chi connectivity index (χ3v) is 5.72. The molecule has 1 N–H and O–H groups in total. The molecule has 1 aromatic rings. The lowest BCUT2D eigenvalue weighted by Crippen LogP contribution is -2.43. The van der Waals surface area contributed by atoms with Crippen molar-refractivity contribution in [3.63, 3.8) is 0 Å². The smallest absolute Gasteiger partial charge is 0.317 e. The molecule has 0 radical (unpaired) electrons. The Labute approximate surface area is 159 Å². The summed E-state index contributed by atoms with van der Waals surface area (Å²) in [7, 11) is 0. The van der Waals surface area contributed by atoms with Crippen molar-refractivity contribution in [1.29, 1.82) is 0 Å². The van der Waals surface area contributed by atoms with E-state index >= 15 is 0 Å². The summed E-state index contributed by atoms with van der Waals surface area (Å²) >= 11 is 0. The highest BCUT2D eigenvalue weighted by molar-refractivity contribution is 6.04. The number of fused-ring (bicyclic) bond motifs is 1. The monoisotopic (exact) mass is 366 g/mol. The fraction of sp³-hybridized carbons (Fsp3) is 0.476. The molecule has 0 aromatic heterocycles. The van der Waals surface area contributed by atoms with Gasteiger partial charge in [0.2, 0.25) is 5.91 Å². The summed E-state index contributed by atoms with van der Waals surface area (Å²) in [5.41, 5.74) is 1.98. The average molecular weight is 366 g/mol. The molecule has 2 atom stereocenters. The maximum absolute atomic E-state index is 12.5. The summed E-state index contributed by atoms with van der Waals surface area (Å²) in [6.07, 6.45) is 7.74. The Morgan fingerprint density at radius 3 is 2.48 bits per heavy atom. The van der Waals surface area contributed by atoms with Crippen LogP contribution < -0.4 is 5.32 Å². The van der Waals surface area contributed by atoms with Gasteiger partial charge in [-0.15, -0.1) is 0 Å². The Hall–Kier alpha value is -2.63. The summed E-state index contributed by atoms with van der Waals surface area (Å²) in [5.74, 6) is 1.21. The summed E-state index contributed by atoms with van der Waals surface area (Å²) < 4.78 is 0. The van der Waals surface area contributed by atoms with Crippen LogP contribution in [0.5, 0.6) is 0 Å². The highest BCUT2D eigenvalue weighted by atomic mass is 16.2. The van der Waals surface area contributed by atoms with Crippen LogP contribution in [0.1, 0.15) is 31.2 Å². The highest BCUT2D eigenvalue weighted by Crippen LogP contribution is 2.32. The lowest BCUT2D eigenvalue weighted by Gasteiger charge is -2.24. The second-order valence-electron chi connectivity index (χ2n) is 7.53. The largest absolute Gasteiger partial charge is 0.336 e. The minimum atomic E-state index is -0.0267. The van der Waals surface area contributed by atoms with Gasteiger partial charge >= 0.3 is 6.03 Å². The Bertz CT molecular complexity index is 743. The molecule has 142 valence electrons. The molecule has 1 aromatic carbocycles. The first-order valence-electron chi connectivity index (χ1n) is 9.82. The van der Waals surface area contributed by atoms with E-state index in [-0.39, 0.29) is 11.9 Å². The van der Waals surface area contributed by atoms with Crippen LogP contribution >= 0.6 is 0 Å². The molecule has 2 heterocycles. The zero-order valence-electron chi connectivity index (χ0n) is 15.5. The van der Waals surface area contributed by atoms with E-state index in [0.29, 0.717) is 37.8 Å². The molecule has 0 spiro atoms. The molecular weight excluding hydrogens is 340 g/mol. The fourth-order valence-corrected chi connectivity index (χ4v) is 4.17. The molecule has 27 heavy (non-hydrogen) atoms. The molecule has 4 rings (SSSR count). The normalized spacial score (nSPS) is 24.6. The van der Waals surface area contributed by atoms with E-state index in [0.717, 1.165) is 37.2 Å². The second kappa shape index (κ2) is 7.94. The molecule has 6 nitrogen and oxygen atoms in total. The molecule has 3 amide bonds. The molecule has 2 aliphatic heterocycles. The number of hydrazone groups is 1. The van der Waals surface area contributed by atoms with Gasteiger partial charge in [-0.05, 0) is 30.2 Å². The number of carbonyl (C=O) groups is 2. The Morgan fingerprint density at radius 2 is 1.78 bits per heavy atom. The summed E-state index contributed by atoms with van der Waals surface area (Å²) in [5, 5.41) is 8.97. The van der Waals surface area contributed by atoms with Crippen LogP contribution in [0.15, 0.2) is 47.6 Å². The van der Waals surface area contributed by atoms with Crippen molar-refractivity contribution in [3.05, 3.63) is 48.0 Å². The molecule has 0 saturated carbocycles. The maximum Gasteiger partial charge on any atom is 0.317 e. The number of amides is 3. The topological polar surface area (TPSA) is 65.0 Å². The lowest BCUT2D eigenvalue weighted by molar-refractivity contribution is -0.131. The molecule has 1 aliphatic carbocycles. The van der Waals surface area contributed by atoms with Crippen LogP contribution in [0.25, 0.3) is 0 Å². The number of benzene rings is 1. The first-order valence-corrected chi connectivity index (χ1v) is 9.82. The molecule has 1 fully saturated rings. The van der Waals surface area contributed by atoms with E-state index in [1.807, 2.05) is 35.2 Å². The SMILES string of the molecule is O=C(NCCN1N=C(c2ccccc2)CCC1=O)N1C[C@H]2CC=CC[C@H]2C1. The molecular formula is C21H26N4O2. The van der Waals surface area contributed by atoms with Gasteiger partial charge in [0, 0.05) is 32.5 Å². The third-order valence-electron chi connectivity index (χ3n) is 5.72. The molecule has 6 heteroatoms. The number of urea groups is 1. The van der Waals surface area contributed by atoms with Gasteiger partial charge in [0.15, 0.2) is 0 Å². The minimum absolute atomic E-state index is 0.0159. The lowest BCUT2D eigenvalue weighted by atomic mass is 9.86. The van der Waals surface area contributed by atoms with Crippen molar-refractivity contribution < 1.29 is 9.59 Å². The van der Waals surface area contributed by atoms with E-state index in [4.69, 9.17) is 0 Å². The van der Waals surface area contributed by atoms with Crippen LogP contribution in [0, 0.1) is 11.8 Å². The first kappa shape index (κ1) is 17.8. The van der Waals surface area contributed by atoms with Crippen LogP contribution in [-0.2, 0) is 4.79 Å². The minimum Gasteiger partial charge on any atom is -0.336 e. The van der Waals surface area contributed by atoms with E-state index in [1.165, 1.54) is 5.01 Å². The number of allylic oxidation sites excluding steroid dienone is 2. The average Bonchev–Trinajstić information content (AvgIpc) is 3.14. The van der Waals surface area contributed by atoms with Gasteiger partial charge in [0.05, 0.1) is 12.3 Å². The third kappa shape index (κ3) is 4.04. The van der Waals surface area contributed by atoms with E-state index in [1.54, 1.807) is 0 Å². The highest BCUT2D eigenvalue weighted by Gasteiger charge is 2.35. The van der Waals surface area contributed by atoms with Gasteiger partial charge in [-0.3, -0.25) is 4.79 Å². The van der Waals surface area contributed by atoms with E-state index in [9.17, 15) is 9.59 Å². The quantitative estimate of drug-likeness (QED) is 0.833. The standard InChI is InChI=1S/C21H26N4O2/c26-20-11-10-19(16-6-2-1-3-7-16)23-25(20)13-12-22-21(27)24-14-17-8-4-5-9-18(17)15-24/h1-7,17-18H,8-15H2,(H,22,27)/t17-,18+. The number of nitrogens with one attached hydrogen (secondary N) is 1. The van der Waals surface area contributed by atoms with Crippen molar-refractivity contribution in [1.82, 2.24) is 15.2 Å². The molecule has 1 saturated heterocycles. The summed E-state index contributed by atoms with van der Waals surface area (Å²) in [4.78, 5) is 26.5. The zero-order valence-corrected chi connectivity index (χ0v) is 15.5. The first-order chi connectivity index (χ1) is 13.2. The molecule has 3 aliphatic rings. The maximum atomic E-state index is 12.5. The van der Waals surface area contributed by atoms with Gasteiger partial charge < -0.3 is 10.2 Å².